The van der Waals surface area contributed by atoms with Gasteiger partial charge in [-0.05, 0) is 28.8 Å². The number of amides is 2. The molecule has 0 bridgehead atoms. The van der Waals surface area contributed by atoms with Crippen LogP contribution >= 0.6 is 11.6 Å². The lowest BCUT2D eigenvalue weighted by atomic mass is 9.90. The standard InChI is InChI=1S/C19H19ClN2O3/c1-25-18(23)17-12-22(11-14-6-2-3-8-16(14)17)19(24)21-10-13-5-4-7-15(20)9-13/h2-9,17H,10-12H2,1H3,(H,21,24). The second-order valence-electron chi connectivity index (χ2n) is 5.94. The molecule has 1 unspecified atom stereocenters. The van der Waals surface area contributed by atoms with E-state index in [1.807, 2.05) is 42.5 Å². The topological polar surface area (TPSA) is 58.6 Å². The predicted molar refractivity (Wildman–Crippen MR) is 95.3 cm³/mol. The summed E-state index contributed by atoms with van der Waals surface area (Å²) in [6.07, 6.45) is 0. The van der Waals surface area contributed by atoms with Gasteiger partial charge < -0.3 is 15.0 Å². The summed E-state index contributed by atoms with van der Waals surface area (Å²) in [5, 5.41) is 3.51. The van der Waals surface area contributed by atoms with Gasteiger partial charge in [0, 0.05) is 24.7 Å². The van der Waals surface area contributed by atoms with Crippen LogP contribution in [0.3, 0.4) is 0 Å². The minimum atomic E-state index is -0.466. The monoisotopic (exact) mass is 358 g/mol. The van der Waals surface area contributed by atoms with Crippen LogP contribution in [0.25, 0.3) is 0 Å². The average molecular weight is 359 g/mol. The number of halogens is 1. The molecule has 2 aromatic carbocycles. The fourth-order valence-corrected chi connectivity index (χ4v) is 3.25. The van der Waals surface area contributed by atoms with Crippen molar-refractivity contribution < 1.29 is 14.3 Å². The van der Waals surface area contributed by atoms with Crippen molar-refractivity contribution >= 4 is 23.6 Å². The molecule has 0 aromatic heterocycles. The molecule has 0 fully saturated rings. The van der Waals surface area contributed by atoms with E-state index in [1.165, 1.54) is 7.11 Å². The van der Waals surface area contributed by atoms with Crippen LogP contribution in [-0.2, 0) is 22.6 Å². The molecule has 130 valence electrons. The highest BCUT2D eigenvalue weighted by Gasteiger charge is 2.33. The Balaban J connectivity index is 1.72. The quantitative estimate of drug-likeness (QED) is 0.856. The van der Waals surface area contributed by atoms with Crippen LogP contribution < -0.4 is 5.32 Å². The van der Waals surface area contributed by atoms with Crippen LogP contribution in [0.15, 0.2) is 48.5 Å². The lowest BCUT2D eigenvalue weighted by molar-refractivity contribution is -0.143. The molecule has 6 heteroatoms. The Kier molecular flexibility index (Phi) is 5.24. The maximum atomic E-state index is 12.6. The van der Waals surface area contributed by atoms with Crippen LogP contribution in [-0.4, -0.2) is 30.6 Å². The molecule has 2 aromatic rings. The Morgan fingerprint density at radius 1 is 1.24 bits per heavy atom. The maximum Gasteiger partial charge on any atom is 0.318 e. The molecule has 0 saturated heterocycles. The molecular weight excluding hydrogens is 340 g/mol. The van der Waals surface area contributed by atoms with Crippen molar-refractivity contribution in [3.63, 3.8) is 0 Å². The van der Waals surface area contributed by atoms with Crippen molar-refractivity contribution in [2.45, 2.75) is 19.0 Å². The summed E-state index contributed by atoms with van der Waals surface area (Å²) >= 11 is 5.96. The van der Waals surface area contributed by atoms with Gasteiger partial charge in [0.25, 0.3) is 0 Å². The average Bonchev–Trinajstić information content (AvgIpc) is 2.64. The largest absolute Gasteiger partial charge is 0.468 e. The number of benzene rings is 2. The number of carbonyl (C=O) groups excluding carboxylic acids is 2. The lowest BCUT2D eigenvalue weighted by Crippen LogP contribution is -2.45. The van der Waals surface area contributed by atoms with E-state index >= 15 is 0 Å². The van der Waals surface area contributed by atoms with Gasteiger partial charge in [0.15, 0.2) is 0 Å². The Morgan fingerprint density at radius 2 is 2.04 bits per heavy atom. The summed E-state index contributed by atoms with van der Waals surface area (Å²) in [7, 11) is 1.36. The summed E-state index contributed by atoms with van der Waals surface area (Å²) in [5.74, 6) is -0.799. The molecule has 1 aliphatic rings. The third kappa shape index (κ3) is 3.94. The van der Waals surface area contributed by atoms with Crippen molar-refractivity contribution in [3.8, 4) is 0 Å². The Bertz CT molecular complexity index is 794. The molecule has 1 atom stereocenters. The molecule has 2 amide bonds. The molecule has 5 nitrogen and oxygen atoms in total. The molecule has 25 heavy (non-hydrogen) atoms. The SMILES string of the molecule is COC(=O)C1CN(C(=O)NCc2cccc(Cl)c2)Cc2ccccc21. The number of rotatable bonds is 3. The van der Waals surface area contributed by atoms with E-state index in [1.54, 1.807) is 11.0 Å². The lowest BCUT2D eigenvalue weighted by Gasteiger charge is -2.33. The summed E-state index contributed by atoms with van der Waals surface area (Å²) in [5.41, 5.74) is 2.80. The first-order valence-corrected chi connectivity index (χ1v) is 8.39. The first-order valence-electron chi connectivity index (χ1n) is 8.01. The normalized spacial score (nSPS) is 16.1. The fraction of sp³-hybridized carbons (Fsp3) is 0.263. The van der Waals surface area contributed by atoms with E-state index in [0.29, 0.717) is 24.7 Å². The predicted octanol–water partition coefficient (Wildman–Crippen LogP) is 3.32. The molecule has 3 rings (SSSR count). The number of nitrogens with zero attached hydrogens (tertiary/aromatic N) is 1. The van der Waals surface area contributed by atoms with Gasteiger partial charge in [0.1, 0.15) is 0 Å². The van der Waals surface area contributed by atoms with Crippen LogP contribution in [0.4, 0.5) is 4.79 Å². The van der Waals surface area contributed by atoms with Crippen LogP contribution in [0.1, 0.15) is 22.6 Å². The van der Waals surface area contributed by atoms with Crippen molar-refractivity contribution in [2.24, 2.45) is 0 Å². The number of hydrogen-bond acceptors (Lipinski definition) is 3. The Labute approximate surface area is 151 Å². The van der Waals surface area contributed by atoms with Gasteiger partial charge >= 0.3 is 12.0 Å². The van der Waals surface area contributed by atoms with Crippen molar-refractivity contribution in [3.05, 3.63) is 70.2 Å². The van der Waals surface area contributed by atoms with Crippen molar-refractivity contribution in [1.29, 1.82) is 0 Å². The zero-order valence-electron chi connectivity index (χ0n) is 13.9. The van der Waals surface area contributed by atoms with Crippen LogP contribution in [0, 0.1) is 0 Å². The molecule has 0 aliphatic carbocycles. The fourth-order valence-electron chi connectivity index (χ4n) is 3.04. The van der Waals surface area contributed by atoms with Gasteiger partial charge in [-0.3, -0.25) is 4.79 Å². The number of urea groups is 1. The van der Waals surface area contributed by atoms with Crippen molar-refractivity contribution in [2.75, 3.05) is 13.7 Å². The highest BCUT2D eigenvalue weighted by Crippen LogP contribution is 2.29. The second kappa shape index (κ2) is 7.57. The van der Waals surface area contributed by atoms with E-state index in [-0.39, 0.29) is 12.0 Å². The maximum absolute atomic E-state index is 12.6. The van der Waals surface area contributed by atoms with Gasteiger partial charge in [-0.25, -0.2) is 4.79 Å². The third-order valence-electron chi connectivity index (χ3n) is 4.30. The zero-order chi connectivity index (χ0) is 17.8. The molecule has 1 N–H and O–H groups in total. The summed E-state index contributed by atoms with van der Waals surface area (Å²) in [6.45, 7) is 1.14. The third-order valence-corrected chi connectivity index (χ3v) is 4.54. The highest BCUT2D eigenvalue weighted by molar-refractivity contribution is 6.30. The van der Waals surface area contributed by atoms with Gasteiger partial charge in [0.2, 0.25) is 0 Å². The van der Waals surface area contributed by atoms with Crippen LogP contribution in [0.5, 0.6) is 0 Å². The number of ether oxygens (including phenoxy) is 1. The second-order valence-corrected chi connectivity index (χ2v) is 6.38. The van der Waals surface area contributed by atoms with E-state index in [4.69, 9.17) is 16.3 Å². The molecule has 0 spiro atoms. The van der Waals surface area contributed by atoms with Crippen molar-refractivity contribution in [1.82, 2.24) is 10.2 Å². The van der Waals surface area contributed by atoms with Gasteiger partial charge in [-0.2, -0.15) is 0 Å². The molecule has 0 saturated carbocycles. The van der Waals surface area contributed by atoms with E-state index in [2.05, 4.69) is 5.32 Å². The summed E-state index contributed by atoms with van der Waals surface area (Å²) < 4.78 is 4.91. The highest BCUT2D eigenvalue weighted by atomic mass is 35.5. The summed E-state index contributed by atoms with van der Waals surface area (Å²) in [6, 6.07) is 14.8. The van der Waals surface area contributed by atoms with Gasteiger partial charge in [0.05, 0.1) is 13.0 Å². The number of methoxy groups -OCH3 is 1. The van der Waals surface area contributed by atoms with E-state index in [0.717, 1.165) is 16.7 Å². The van der Waals surface area contributed by atoms with Crippen LogP contribution in [0.2, 0.25) is 5.02 Å². The Morgan fingerprint density at radius 3 is 2.80 bits per heavy atom. The molecular formula is C19H19ClN2O3. The number of carbonyl (C=O) groups is 2. The number of nitrogens with one attached hydrogen (secondary N) is 1. The first-order chi connectivity index (χ1) is 12.1. The minimum absolute atomic E-state index is 0.219. The van der Waals surface area contributed by atoms with E-state index < -0.39 is 5.92 Å². The number of fused-ring (bicyclic) bond motifs is 1. The minimum Gasteiger partial charge on any atom is -0.468 e. The first kappa shape index (κ1) is 17.3. The van der Waals surface area contributed by atoms with E-state index in [9.17, 15) is 9.59 Å². The number of hydrogen-bond donors (Lipinski definition) is 1. The van der Waals surface area contributed by atoms with Gasteiger partial charge in [-0.1, -0.05) is 48.0 Å². The zero-order valence-corrected chi connectivity index (χ0v) is 14.6. The summed E-state index contributed by atoms with van der Waals surface area (Å²) in [4.78, 5) is 26.3. The molecule has 0 radical (unpaired) electrons. The Hall–Kier alpha value is -2.53. The smallest absolute Gasteiger partial charge is 0.318 e. The van der Waals surface area contributed by atoms with Gasteiger partial charge in [-0.15, -0.1) is 0 Å². The molecule has 1 heterocycles. The molecule has 1 aliphatic heterocycles. The number of esters is 1.